The quantitative estimate of drug-likeness (QED) is 0.544. The van der Waals surface area contributed by atoms with Gasteiger partial charge in [0.2, 0.25) is 5.91 Å². The fraction of sp³-hybridized carbons (Fsp3) is 0.364. The van der Waals surface area contributed by atoms with Gasteiger partial charge in [0.25, 0.3) is 0 Å². The molecule has 0 saturated heterocycles. The Balaban J connectivity index is 2.27. The highest BCUT2D eigenvalue weighted by Gasteiger charge is 2.40. The summed E-state index contributed by atoms with van der Waals surface area (Å²) in [5, 5.41) is 20.0. The summed E-state index contributed by atoms with van der Waals surface area (Å²) in [6.45, 7) is 3.77. The average Bonchev–Trinajstić information content (AvgIpc) is 2.72. The van der Waals surface area contributed by atoms with E-state index >= 15 is 0 Å². The van der Waals surface area contributed by atoms with Gasteiger partial charge in [-0.2, -0.15) is 0 Å². The van der Waals surface area contributed by atoms with Crippen molar-refractivity contribution in [3.63, 3.8) is 0 Å². The van der Waals surface area contributed by atoms with Gasteiger partial charge in [-0.25, -0.2) is 9.69 Å². The normalized spacial score (nSPS) is 12.9. The molecule has 0 saturated carbocycles. The van der Waals surface area contributed by atoms with Crippen LogP contribution in [0.3, 0.4) is 0 Å². The van der Waals surface area contributed by atoms with Crippen molar-refractivity contribution in [1.82, 2.24) is 4.90 Å². The van der Waals surface area contributed by atoms with Gasteiger partial charge in [-0.1, -0.05) is 74.5 Å². The maximum Gasteiger partial charge on any atom is 0.476 e. The lowest BCUT2D eigenvalue weighted by Crippen LogP contribution is -2.58. The molecule has 0 unspecified atom stereocenters. The highest BCUT2D eigenvalue weighted by molar-refractivity contribution is 6.44. The monoisotopic (exact) mass is 412 g/mol. The second-order valence-corrected chi connectivity index (χ2v) is 7.66. The molecule has 8 heteroatoms. The van der Waals surface area contributed by atoms with E-state index in [0.29, 0.717) is 6.42 Å². The molecule has 4 N–H and O–H groups in total. The SMILES string of the molecule is CC(C)C[C@H](N)C(=O)N(C(=O)OCc1ccccc1)[C@@H](Cc1ccccc1)B(O)O. The van der Waals surface area contributed by atoms with Crippen LogP contribution in [0.25, 0.3) is 0 Å². The zero-order valence-corrected chi connectivity index (χ0v) is 17.3. The lowest BCUT2D eigenvalue weighted by molar-refractivity contribution is -0.132. The van der Waals surface area contributed by atoms with Crippen LogP contribution >= 0.6 is 0 Å². The van der Waals surface area contributed by atoms with E-state index in [4.69, 9.17) is 10.5 Å². The third-order valence-electron chi connectivity index (χ3n) is 4.65. The van der Waals surface area contributed by atoms with E-state index < -0.39 is 31.1 Å². The smallest absolute Gasteiger partial charge is 0.444 e. The zero-order valence-electron chi connectivity index (χ0n) is 17.3. The zero-order chi connectivity index (χ0) is 22.1. The van der Waals surface area contributed by atoms with Gasteiger partial charge in [-0.05, 0) is 29.9 Å². The highest BCUT2D eigenvalue weighted by atomic mass is 16.6. The average molecular weight is 412 g/mol. The lowest BCUT2D eigenvalue weighted by atomic mass is 9.74. The Morgan fingerprint density at radius 1 is 1.00 bits per heavy atom. The van der Waals surface area contributed by atoms with E-state index in [-0.39, 0.29) is 18.9 Å². The summed E-state index contributed by atoms with van der Waals surface area (Å²) in [6, 6.07) is 17.0. The molecule has 0 aliphatic carbocycles. The third kappa shape index (κ3) is 6.98. The highest BCUT2D eigenvalue weighted by Crippen LogP contribution is 2.16. The molecular formula is C22H29BN2O5. The summed E-state index contributed by atoms with van der Waals surface area (Å²) in [6.07, 6.45) is -0.558. The first-order chi connectivity index (χ1) is 14.3. The molecule has 0 bridgehead atoms. The Morgan fingerprint density at radius 3 is 2.03 bits per heavy atom. The minimum Gasteiger partial charge on any atom is -0.444 e. The van der Waals surface area contributed by atoms with Gasteiger partial charge in [-0.3, -0.25) is 4.79 Å². The molecule has 0 heterocycles. The van der Waals surface area contributed by atoms with E-state index in [0.717, 1.165) is 16.0 Å². The molecular weight excluding hydrogens is 383 g/mol. The second-order valence-electron chi connectivity index (χ2n) is 7.66. The van der Waals surface area contributed by atoms with Crippen LogP contribution in [-0.4, -0.2) is 46.0 Å². The molecule has 2 aromatic carbocycles. The van der Waals surface area contributed by atoms with Gasteiger partial charge >= 0.3 is 13.2 Å². The summed E-state index contributed by atoms with van der Waals surface area (Å²) in [7, 11) is -1.95. The van der Waals surface area contributed by atoms with Crippen LogP contribution in [0.15, 0.2) is 60.7 Å². The number of benzene rings is 2. The summed E-state index contributed by atoms with van der Waals surface area (Å²) in [5.41, 5.74) is 7.52. The summed E-state index contributed by atoms with van der Waals surface area (Å²) in [4.78, 5) is 26.7. The number of ether oxygens (including phenoxy) is 1. The predicted octanol–water partition coefficient (Wildman–Crippen LogP) is 2.15. The van der Waals surface area contributed by atoms with Gasteiger partial charge in [-0.15, -0.1) is 0 Å². The molecule has 0 spiro atoms. The van der Waals surface area contributed by atoms with Crippen LogP contribution in [0.5, 0.6) is 0 Å². The molecule has 2 atom stereocenters. The van der Waals surface area contributed by atoms with E-state index in [1.807, 2.05) is 26.0 Å². The van der Waals surface area contributed by atoms with Crippen molar-refractivity contribution in [1.29, 1.82) is 0 Å². The Kier molecular flexibility index (Phi) is 9.04. The molecule has 0 radical (unpaired) electrons. The molecule has 30 heavy (non-hydrogen) atoms. The topological polar surface area (TPSA) is 113 Å². The molecule has 2 aromatic rings. The molecule has 0 fully saturated rings. The molecule has 2 rings (SSSR count). The van der Waals surface area contributed by atoms with Gasteiger partial charge in [0.05, 0.1) is 12.0 Å². The van der Waals surface area contributed by atoms with Crippen molar-refractivity contribution < 1.29 is 24.4 Å². The van der Waals surface area contributed by atoms with E-state index in [9.17, 15) is 19.6 Å². The Labute approximate surface area is 177 Å². The van der Waals surface area contributed by atoms with Crippen LogP contribution in [0.2, 0.25) is 0 Å². The maximum absolute atomic E-state index is 13.0. The van der Waals surface area contributed by atoms with Crippen LogP contribution in [0.4, 0.5) is 4.79 Å². The second kappa shape index (κ2) is 11.5. The molecule has 0 aliphatic rings. The number of nitrogens with zero attached hydrogens (tertiary/aromatic N) is 1. The van der Waals surface area contributed by atoms with Crippen molar-refractivity contribution in [2.24, 2.45) is 11.7 Å². The first-order valence-corrected chi connectivity index (χ1v) is 9.99. The van der Waals surface area contributed by atoms with Crippen LogP contribution in [-0.2, 0) is 22.6 Å². The lowest BCUT2D eigenvalue weighted by Gasteiger charge is -2.31. The first-order valence-electron chi connectivity index (χ1n) is 9.99. The number of rotatable bonds is 9. The number of carbonyl (C=O) groups is 2. The molecule has 0 aromatic heterocycles. The van der Waals surface area contributed by atoms with Crippen molar-refractivity contribution in [2.45, 2.75) is 45.3 Å². The minimum absolute atomic E-state index is 0.0531. The van der Waals surface area contributed by atoms with Crippen molar-refractivity contribution in [3.05, 3.63) is 71.8 Å². The van der Waals surface area contributed by atoms with Gasteiger partial charge in [0, 0.05) is 0 Å². The number of hydrogen-bond acceptors (Lipinski definition) is 6. The molecule has 2 amide bonds. The number of hydrogen-bond donors (Lipinski definition) is 3. The summed E-state index contributed by atoms with van der Waals surface area (Å²) < 4.78 is 5.32. The number of nitrogens with two attached hydrogens (primary N) is 1. The molecule has 160 valence electrons. The van der Waals surface area contributed by atoms with Crippen LogP contribution < -0.4 is 5.73 Å². The summed E-state index contributed by atoms with van der Waals surface area (Å²) >= 11 is 0. The van der Waals surface area contributed by atoms with E-state index in [1.165, 1.54) is 0 Å². The predicted molar refractivity (Wildman–Crippen MR) is 115 cm³/mol. The largest absolute Gasteiger partial charge is 0.476 e. The standard InChI is InChI=1S/C22H29BN2O5/c1-16(2)13-19(24)21(26)25(22(27)30-15-18-11-7-4-8-12-18)20(23(28)29)14-17-9-5-3-6-10-17/h3-12,16,19-20,28-29H,13-15,24H2,1-2H3/t19-,20-/m0/s1. The fourth-order valence-electron chi connectivity index (χ4n) is 3.15. The number of imide groups is 1. The number of carbonyl (C=O) groups excluding carboxylic acids is 2. The Bertz CT molecular complexity index is 802. The van der Waals surface area contributed by atoms with Crippen molar-refractivity contribution in [2.75, 3.05) is 0 Å². The van der Waals surface area contributed by atoms with Crippen LogP contribution in [0.1, 0.15) is 31.4 Å². The van der Waals surface area contributed by atoms with E-state index in [2.05, 4.69) is 0 Å². The van der Waals surface area contributed by atoms with Crippen molar-refractivity contribution >= 4 is 19.1 Å². The molecule has 7 nitrogen and oxygen atoms in total. The van der Waals surface area contributed by atoms with Crippen LogP contribution in [0, 0.1) is 5.92 Å². The molecule has 0 aliphatic heterocycles. The van der Waals surface area contributed by atoms with Crippen molar-refractivity contribution in [3.8, 4) is 0 Å². The van der Waals surface area contributed by atoms with Gasteiger partial charge in [0.1, 0.15) is 6.61 Å². The minimum atomic E-state index is -1.95. The third-order valence-corrected chi connectivity index (χ3v) is 4.65. The van der Waals surface area contributed by atoms with E-state index in [1.54, 1.807) is 48.5 Å². The Hall–Kier alpha value is -2.68. The Morgan fingerprint density at radius 2 is 1.53 bits per heavy atom. The summed E-state index contributed by atoms with van der Waals surface area (Å²) in [5.74, 6) is -1.81. The maximum atomic E-state index is 13.0. The fourth-order valence-corrected chi connectivity index (χ4v) is 3.15. The first kappa shape index (κ1) is 23.6. The number of amides is 2. The van der Waals surface area contributed by atoms with Gasteiger partial charge in [0.15, 0.2) is 0 Å². The van der Waals surface area contributed by atoms with Gasteiger partial charge < -0.3 is 20.5 Å².